The van der Waals surface area contributed by atoms with Crippen molar-refractivity contribution in [2.75, 3.05) is 30.9 Å². The molecule has 2 aliphatic rings. The van der Waals surface area contributed by atoms with Crippen LogP contribution in [-0.2, 0) is 16.1 Å². The van der Waals surface area contributed by atoms with Gasteiger partial charge < -0.3 is 30.9 Å². The monoisotopic (exact) mass is 590 g/mol. The van der Waals surface area contributed by atoms with Crippen molar-refractivity contribution in [2.24, 2.45) is 10.7 Å². The summed E-state index contributed by atoms with van der Waals surface area (Å²) in [5, 5.41) is 6.21. The molecule has 234 valence electrons. The van der Waals surface area contributed by atoms with Crippen LogP contribution in [0.1, 0.15) is 89.5 Å². The van der Waals surface area contributed by atoms with E-state index in [1.807, 2.05) is 61.5 Å². The van der Waals surface area contributed by atoms with E-state index in [-0.39, 0.29) is 24.5 Å². The lowest BCUT2D eigenvalue weighted by Crippen LogP contribution is -2.43. The number of anilines is 2. The number of nitrogens with two attached hydrogens (primary N) is 1. The quantitative estimate of drug-likeness (QED) is 0.204. The van der Waals surface area contributed by atoms with E-state index in [1.165, 1.54) is 32.1 Å². The molecule has 1 atom stereocenters. The predicted octanol–water partition coefficient (Wildman–Crippen LogP) is 6.10. The van der Waals surface area contributed by atoms with Crippen LogP contribution in [0.4, 0.5) is 17.1 Å². The van der Waals surface area contributed by atoms with Crippen LogP contribution in [0.2, 0.25) is 0 Å². The first-order valence-corrected chi connectivity index (χ1v) is 16.1. The maximum Gasteiger partial charge on any atom is 0.244 e. The Labute approximate surface area is 257 Å². The molecule has 1 fully saturated rings. The van der Waals surface area contributed by atoms with Gasteiger partial charge in [0, 0.05) is 38.7 Å². The topological polar surface area (TPSA) is 112 Å². The van der Waals surface area contributed by atoms with E-state index < -0.39 is 0 Å². The van der Waals surface area contributed by atoms with Crippen LogP contribution in [0.5, 0.6) is 5.75 Å². The fourth-order valence-electron chi connectivity index (χ4n) is 5.96. The van der Waals surface area contributed by atoms with E-state index in [9.17, 15) is 9.59 Å². The minimum absolute atomic E-state index is 0.000339. The van der Waals surface area contributed by atoms with E-state index in [0.717, 1.165) is 61.2 Å². The van der Waals surface area contributed by atoms with E-state index in [0.29, 0.717) is 30.7 Å². The molecule has 9 heteroatoms. The number of fused-ring (bicyclic) bond motifs is 1. The Morgan fingerprint density at radius 1 is 1.02 bits per heavy atom. The second kappa shape index (κ2) is 16.2. The Balaban J connectivity index is 1.37. The SMILES string of the molecule is CCCCCCC(CCCC(=O)NC1CCCC1)Oc1cccc2c1N=C(N)N(CC(=O)Nc1ccccc1N(C)C)C2. The zero-order chi connectivity index (χ0) is 30.6. The van der Waals surface area contributed by atoms with Crippen molar-refractivity contribution in [1.82, 2.24) is 10.2 Å². The highest BCUT2D eigenvalue weighted by Gasteiger charge is 2.24. The third kappa shape index (κ3) is 9.63. The Morgan fingerprint density at radius 3 is 2.56 bits per heavy atom. The number of unbranched alkanes of at least 4 members (excludes halogenated alkanes) is 3. The van der Waals surface area contributed by atoms with Gasteiger partial charge in [-0.05, 0) is 56.7 Å². The third-order valence-electron chi connectivity index (χ3n) is 8.31. The number of carbonyl (C=O) groups excluding carboxylic acids is 2. The molecule has 9 nitrogen and oxygen atoms in total. The standard InChI is InChI=1S/C34H50N6O3/c1-4-5-6-7-17-27(18-13-22-31(41)36-26-15-8-9-16-26)43-30-21-12-14-25-23-40(34(35)38-33(25)30)24-32(42)37-28-19-10-11-20-29(28)39(2)3/h10-12,14,19-21,26-27H,4-9,13,15-18,22-24H2,1-3H3,(H2,35,38)(H,36,41)(H,37,42). The van der Waals surface area contributed by atoms with Crippen molar-refractivity contribution >= 4 is 34.8 Å². The van der Waals surface area contributed by atoms with Gasteiger partial charge in [-0.2, -0.15) is 0 Å². The van der Waals surface area contributed by atoms with Gasteiger partial charge in [-0.15, -0.1) is 0 Å². The summed E-state index contributed by atoms with van der Waals surface area (Å²) in [5.74, 6) is 0.996. The highest BCUT2D eigenvalue weighted by atomic mass is 16.5. The largest absolute Gasteiger partial charge is 0.488 e. The number of carbonyl (C=O) groups is 2. The lowest BCUT2D eigenvalue weighted by Gasteiger charge is -2.29. The zero-order valence-corrected chi connectivity index (χ0v) is 26.2. The minimum atomic E-state index is -0.160. The first kappa shape index (κ1) is 32.2. The molecular weight excluding hydrogens is 540 g/mol. The first-order valence-electron chi connectivity index (χ1n) is 16.1. The molecule has 4 rings (SSSR count). The van der Waals surface area contributed by atoms with Gasteiger partial charge in [0.05, 0.1) is 17.5 Å². The maximum absolute atomic E-state index is 13.0. The summed E-state index contributed by atoms with van der Waals surface area (Å²) < 4.78 is 6.59. The highest BCUT2D eigenvalue weighted by molar-refractivity contribution is 5.98. The van der Waals surface area contributed by atoms with Gasteiger partial charge in [0.25, 0.3) is 0 Å². The molecule has 4 N–H and O–H groups in total. The second-order valence-electron chi connectivity index (χ2n) is 12.1. The van der Waals surface area contributed by atoms with Crippen molar-refractivity contribution < 1.29 is 14.3 Å². The number of amides is 2. The molecule has 0 saturated heterocycles. The Hall–Kier alpha value is -3.75. The summed E-state index contributed by atoms with van der Waals surface area (Å²) in [4.78, 5) is 33.9. The molecule has 2 amide bonds. The van der Waals surface area contributed by atoms with Crippen molar-refractivity contribution in [1.29, 1.82) is 0 Å². The first-order chi connectivity index (χ1) is 20.8. The van der Waals surface area contributed by atoms with E-state index in [4.69, 9.17) is 15.5 Å². The summed E-state index contributed by atoms with van der Waals surface area (Å²) in [6.07, 6.45) is 12.4. The van der Waals surface area contributed by atoms with Gasteiger partial charge >= 0.3 is 0 Å². The number of nitrogens with zero attached hydrogens (tertiary/aromatic N) is 3. The number of aliphatic imine (C=N–C) groups is 1. The number of para-hydroxylation sites is 3. The smallest absolute Gasteiger partial charge is 0.244 e. The Kier molecular flexibility index (Phi) is 12.1. The van der Waals surface area contributed by atoms with E-state index in [1.54, 1.807) is 4.90 Å². The van der Waals surface area contributed by atoms with Crippen LogP contribution >= 0.6 is 0 Å². The molecule has 2 aromatic carbocycles. The van der Waals surface area contributed by atoms with Gasteiger partial charge in [0.2, 0.25) is 11.8 Å². The zero-order valence-electron chi connectivity index (χ0n) is 26.2. The summed E-state index contributed by atoms with van der Waals surface area (Å²) in [6.45, 7) is 2.77. The fraction of sp³-hybridized carbons (Fsp3) is 0.559. The fourth-order valence-corrected chi connectivity index (χ4v) is 5.96. The summed E-state index contributed by atoms with van der Waals surface area (Å²) in [5.41, 5.74) is 9.77. The van der Waals surface area contributed by atoms with Gasteiger partial charge in [-0.1, -0.05) is 63.3 Å². The number of rotatable bonds is 16. The molecule has 1 unspecified atom stereocenters. The number of nitrogens with one attached hydrogen (secondary N) is 2. The molecule has 0 spiro atoms. The van der Waals surface area contributed by atoms with E-state index >= 15 is 0 Å². The van der Waals surface area contributed by atoms with E-state index in [2.05, 4.69) is 17.6 Å². The van der Waals surface area contributed by atoms with Crippen LogP contribution in [-0.4, -0.2) is 55.5 Å². The van der Waals surface area contributed by atoms with Crippen molar-refractivity contribution in [3.05, 3.63) is 48.0 Å². The molecule has 1 saturated carbocycles. The van der Waals surface area contributed by atoms with Crippen molar-refractivity contribution in [3.63, 3.8) is 0 Å². The van der Waals surface area contributed by atoms with Crippen LogP contribution in [0.3, 0.4) is 0 Å². The van der Waals surface area contributed by atoms with Crippen LogP contribution in [0.15, 0.2) is 47.5 Å². The normalized spacial score (nSPS) is 15.4. The summed E-state index contributed by atoms with van der Waals surface area (Å²) in [6, 6.07) is 14.0. The lowest BCUT2D eigenvalue weighted by molar-refractivity contribution is -0.122. The Morgan fingerprint density at radius 2 is 1.79 bits per heavy atom. The molecule has 0 aromatic heterocycles. The van der Waals surface area contributed by atoms with Crippen LogP contribution in [0.25, 0.3) is 0 Å². The summed E-state index contributed by atoms with van der Waals surface area (Å²) >= 11 is 0. The second-order valence-corrected chi connectivity index (χ2v) is 12.1. The highest BCUT2D eigenvalue weighted by Crippen LogP contribution is 2.36. The molecule has 2 aromatic rings. The van der Waals surface area contributed by atoms with Gasteiger partial charge in [-0.25, -0.2) is 4.99 Å². The third-order valence-corrected chi connectivity index (χ3v) is 8.31. The van der Waals surface area contributed by atoms with Crippen LogP contribution in [0, 0.1) is 0 Å². The van der Waals surface area contributed by atoms with Crippen molar-refractivity contribution in [3.8, 4) is 5.75 Å². The molecule has 1 aliphatic carbocycles. The number of ether oxygens (including phenoxy) is 1. The molecule has 0 radical (unpaired) electrons. The lowest BCUT2D eigenvalue weighted by atomic mass is 10.0. The molecule has 43 heavy (non-hydrogen) atoms. The number of hydrogen-bond donors (Lipinski definition) is 3. The number of benzene rings is 2. The van der Waals surface area contributed by atoms with Crippen molar-refractivity contribution in [2.45, 2.75) is 103 Å². The van der Waals surface area contributed by atoms with Gasteiger partial charge in [0.15, 0.2) is 5.96 Å². The number of hydrogen-bond acceptors (Lipinski definition) is 7. The van der Waals surface area contributed by atoms with Crippen LogP contribution < -0.4 is 26.0 Å². The average Bonchev–Trinajstić information content (AvgIpc) is 3.49. The molecule has 1 heterocycles. The molecule has 0 bridgehead atoms. The minimum Gasteiger partial charge on any atom is -0.488 e. The van der Waals surface area contributed by atoms with Gasteiger partial charge in [0.1, 0.15) is 18.0 Å². The van der Waals surface area contributed by atoms with Gasteiger partial charge in [-0.3, -0.25) is 9.59 Å². The predicted molar refractivity (Wildman–Crippen MR) is 175 cm³/mol. The number of guanidine groups is 1. The Bertz CT molecular complexity index is 1240. The molecular formula is C34H50N6O3. The molecule has 1 aliphatic heterocycles. The summed E-state index contributed by atoms with van der Waals surface area (Å²) in [7, 11) is 3.89. The average molecular weight is 591 g/mol. The maximum atomic E-state index is 13.0.